The second-order valence-electron chi connectivity index (χ2n) is 2.58. The first kappa shape index (κ1) is 5.85. The van der Waals surface area contributed by atoms with E-state index in [1.165, 1.54) is 0 Å². The number of rotatable bonds is 0. The molecule has 2 fully saturated rings. The van der Waals surface area contributed by atoms with Gasteiger partial charge in [0.25, 0.3) is 5.91 Å². The first-order chi connectivity index (χ1) is 4.80. The molecule has 0 aromatic carbocycles. The van der Waals surface area contributed by atoms with Crippen molar-refractivity contribution in [3.05, 3.63) is 0 Å². The molecule has 2 aliphatic rings. The number of hydrogen-bond donors (Lipinski definition) is 1. The van der Waals surface area contributed by atoms with E-state index in [9.17, 15) is 9.59 Å². The number of carbonyl (C=O) groups is 2. The summed E-state index contributed by atoms with van der Waals surface area (Å²) in [6, 6.07) is -0.138. The van der Waals surface area contributed by atoms with Crippen molar-refractivity contribution in [3.8, 4) is 0 Å². The molecule has 54 valence electrons. The highest BCUT2D eigenvalue weighted by Crippen LogP contribution is 2.15. The van der Waals surface area contributed by atoms with Crippen LogP contribution in [-0.2, 0) is 9.59 Å². The zero-order valence-corrected chi connectivity index (χ0v) is 5.46. The van der Waals surface area contributed by atoms with Gasteiger partial charge in [-0.1, -0.05) is 0 Å². The molecule has 0 aromatic heterocycles. The third kappa shape index (κ3) is 0.541. The Bertz CT molecular complexity index is 180. The first-order valence-corrected chi connectivity index (χ1v) is 3.36. The Kier molecular flexibility index (Phi) is 1.05. The first-order valence-electron chi connectivity index (χ1n) is 3.36. The van der Waals surface area contributed by atoms with Gasteiger partial charge in [-0.2, -0.15) is 0 Å². The number of piperazine rings is 1. The van der Waals surface area contributed by atoms with Crippen LogP contribution in [0.1, 0.15) is 0 Å². The van der Waals surface area contributed by atoms with Crippen LogP contribution in [0.15, 0.2) is 0 Å². The maximum atomic E-state index is 10.8. The van der Waals surface area contributed by atoms with Crippen molar-refractivity contribution in [1.82, 2.24) is 10.2 Å². The van der Waals surface area contributed by atoms with E-state index in [0.29, 0.717) is 13.1 Å². The molecule has 0 aromatic rings. The van der Waals surface area contributed by atoms with Gasteiger partial charge in [-0.15, -0.1) is 0 Å². The molecule has 10 heavy (non-hydrogen) atoms. The third-order valence-corrected chi connectivity index (χ3v) is 2.02. The Hall–Kier alpha value is -0.900. The molecule has 0 aliphatic carbocycles. The third-order valence-electron chi connectivity index (χ3n) is 2.02. The lowest BCUT2D eigenvalue weighted by molar-refractivity contribution is -0.161. The molecule has 4 nitrogen and oxygen atoms in total. The van der Waals surface area contributed by atoms with Gasteiger partial charge in [0.15, 0.2) is 0 Å². The van der Waals surface area contributed by atoms with Crippen molar-refractivity contribution in [1.29, 1.82) is 0 Å². The Morgan fingerprint density at radius 3 is 3.00 bits per heavy atom. The van der Waals surface area contributed by atoms with E-state index in [2.05, 4.69) is 5.32 Å². The molecule has 4 heteroatoms. The fourth-order valence-electron chi connectivity index (χ4n) is 1.40. The molecule has 2 rings (SSSR count). The Morgan fingerprint density at radius 1 is 1.50 bits per heavy atom. The summed E-state index contributed by atoms with van der Waals surface area (Å²) in [6.45, 7) is 2.15. The van der Waals surface area contributed by atoms with Gasteiger partial charge < -0.3 is 10.2 Å². The van der Waals surface area contributed by atoms with Crippen LogP contribution in [0.25, 0.3) is 0 Å². The zero-order valence-electron chi connectivity index (χ0n) is 5.46. The highest BCUT2D eigenvalue weighted by Gasteiger charge is 2.46. The smallest absolute Gasteiger partial charge is 0.292 e. The lowest BCUT2D eigenvalue weighted by atomic mass is 9.98. The lowest BCUT2D eigenvalue weighted by Crippen LogP contribution is -2.69. The zero-order chi connectivity index (χ0) is 7.14. The van der Waals surface area contributed by atoms with Crippen LogP contribution >= 0.6 is 0 Å². The number of hydrogen-bond acceptors (Lipinski definition) is 3. The minimum Gasteiger partial charge on any atom is -0.323 e. The van der Waals surface area contributed by atoms with Crippen molar-refractivity contribution in [2.24, 2.45) is 0 Å². The summed E-state index contributed by atoms with van der Waals surface area (Å²) < 4.78 is 0. The van der Waals surface area contributed by atoms with E-state index < -0.39 is 0 Å². The van der Waals surface area contributed by atoms with Crippen LogP contribution in [-0.4, -0.2) is 42.3 Å². The number of nitrogens with one attached hydrogen (secondary N) is 1. The van der Waals surface area contributed by atoms with Crippen LogP contribution in [0, 0.1) is 0 Å². The lowest BCUT2D eigenvalue weighted by Gasteiger charge is -2.41. The molecular formula is C6H8N2O2. The van der Waals surface area contributed by atoms with E-state index >= 15 is 0 Å². The number of ketones is 1. The molecule has 1 atom stereocenters. The number of carbonyl (C=O) groups excluding carboxylic acids is 2. The van der Waals surface area contributed by atoms with Gasteiger partial charge in [-0.25, -0.2) is 0 Å². The topological polar surface area (TPSA) is 49.4 Å². The second kappa shape index (κ2) is 1.79. The van der Waals surface area contributed by atoms with Gasteiger partial charge in [-0.05, 0) is 0 Å². The SMILES string of the molecule is O=C1C(=O)N2CCNCC12. The molecular weight excluding hydrogens is 132 g/mol. The number of Topliss-reactive ketones (excluding diaryl/α,β-unsaturated/α-hetero) is 1. The van der Waals surface area contributed by atoms with E-state index in [4.69, 9.17) is 0 Å². The minimum absolute atomic E-state index is 0.138. The van der Waals surface area contributed by atoms with Crippen molar-refractivity contribution in [3.63, 3.8) is 0 Å². The summed E-state index contributed by atoms with van der Waals surface area (Å²) in [6.07, 6.45) is 0. The summed E-state index contributed by atoms with van der Waals surface area (Å²) in [5.41, 5.74) is 0. The fraction of sp³-hybridized carbons (Fsp3) is 0.667. The molecule has 0 bridgehead atoms. The van der Waals surface area contributed by atoms with E-state index in [1.54, 1.807) is 4.90 Å². The van der Waals surface area contributed by atoms with Crippen LogP contribution in [0.3, 0.4) is 0 Å². The summed E-state index contributed by atoms with van der Waals surface area (Å²) in [5, 5.41) is 3.05. The normalized spacial score (nSPS) is 31.6. The highest BCUT2D eigenvalue weighted by atomic mass is 16.2. The van der Waals surface area contributed by atoms with E-state index in [1.807, 2.05) is 0 Å². The van der Waals surface area contributed by atoms with Gasteiger partial charge in [0.05, 0.1) is 0 Å². The van der Waals surface area contributed by atoms with Gasteiger partial charge in [0, 0.05) is 19.6 Å². The maximum Gasteiger partial charge on any atom is 0.292 e. The molecule has 2 saturated heterocycles. The van der Waals surface area contributed by atoms with Gasteiger partial charge in [0.1, 0.15) is 6.04 Å². The van der Waals surface area contributed by atoms with Crippen LogP contribution in [0.4, 0.5) is 0 Å². The number of fused-ring (bicyclic) bond motifs is 1. The molecule has 1 unspecified atom stereocenters. The standard InChI is InChI=1S/C6H8N2O2/c9-5-4-3-7-1-2-8(4)6(5)10/h4,7H,1-3H2. The largest absolute Gasteiger partial charge is 0.323 e. The molecule has 2 heterocycles. The second-order valence-corrected chi connectivity index (χ2v) is 2.58. The molecule has 0 radical (unpaired) electrons. The van der Waals surface area contributed by atoms with Crippen molar-refractivity contribution in [2.75, 3.05) is 19.6 Å². The van der Waals surface area contributed by atoms with Crippen LogP contribution in [0.5, 0.6) is 0 Å². The summed E-state index contributed by atoms with van der Waals surface area (Å²) in [4.78, 5) is 23.1. The van der Waals surface area contributed by atoms with E-state index in [0.717, 1.165) is 6.54 Å². The van der Waals surface area contributed by atoms with E-state index in [-0.39, 0.29) is 17.7 Å². The Labute approximate surface area is 58.2 Å². The molecule has 0 spiro atoms. The molecule has 1 amide bonds. The van der Waals surface area contributed by atoms with Crippen LogP contribution < -0.4 is 5.32 Å². The van der Waals surface area contributed by atoms with Crippen LogP contribution in [0.2, 0.25) is 0 Å². The van der Waals surface area contributed by atoms with Gasteiger partial charge >= 0.3 is 0 Å². The maximum absolute atomic E-state index is 10.8. The number of β-lactam (4-membered cyclic amide) rings is 1. The summed E-state index contributed by atoms with van der Waals surface area (Å²) >= 11 is 0. The quantitative estimate of drug-likeness (QED) is 0.324. The Balaban J connectivity index is 2.13. The highest BCUT2D eigenvalue weighted by molar-refractivity contribution is 6.44. The van der Waals surface area contributed by atoms with Crippen molar-refractivity contribution in [2.45, 2.75) is 6.04 Å². The molecule has 0 saturated carbocycles. The predicted octanol–water partition coefficient (Wildman–Crippen LogP) is -1.63. The monoisotopic (exact) mass is 140 g/mol. The van der Waals surface area contributed by atoms with Crippen molar-refractivity contribution >= 4 is 11.7 Å². The minimum atomic E-state index is -0.300. The average Bonchev–Trinajstić information content (AvgIpc) is 2.03. The number of nitrogens with zero attached hydrogens (tertiary/aromatic N) is 1. The number of amides is 1. The summed E-state index contributed by atoms with van der Waals surface area (Å²) in [5.74, 6) is -0.529. The molecule has 2 aliphatic heterocycles. The average molecular weight is 140 g/mol. The van der Waals surface area contributed by atoms with Gasteiger partial charge in [0.2, 0.25) is 5.78 Å². The van der Waals surface area contributed by atoms with Gasteiger partial charge in [-0.3, -0.25) is 9.59 Å². The fourth-order valence-corrected chi connectivity index (χ4v) is 1.40. The summed E-state index contributed by atoms with van der Waals surface area (Å²) in [7, 11) is 0. The Morgan fingerprint density at radius 2 is 2.30 bits per heavy atom. The predicted molar refractivity (Wildman–Crippen MR) is 33.4 cm³/mol. The van der Waals surface area contributed by atoms with Crippen molar-refractivity contribution < 1.29 is 9.59 Å². The molecule has 1 N–H and O–H groups in total.